The van der Waals surface area contributed by atoms with Gasteiger partial charge in [-0.3, -0.25) is 4.57 Å². The van der Waals surface area contributed by atoms with E-state index in [0.717, 1.165) is 66.0 Å². The molecule has 0 N–H and O–H groups in total. The summed E-state index contributed by atoms with van der Waals surface area (Å²) >= 11 is 0. The van der Waals surface area contributed by atoms with E-state index in [1.54, 1.807) is 0 Å². The Morgan fingerprint density at radius 1 is 0.300 bits per heavy atom. The first-order valence-electron chi connectivity index (χ1n) is 20.3. The molecular formula is C55H35N5. The zero-order valence-electron chi connectivity index (χ0n) is 32.4. The highest BCUT2D eigenvalue weighted by molar-refractivity contribution is 6.23. The molecule has 0 saturated carbocycles. The summed E-state index contributed by atoms with van der Waals surface area (Å²) in [7, 11) is 0. The molecule has 280 valence electrons. The van der Waals surface area contributed by atoms with Gasteiger partial charge in [0.1, 0.15) is 0 Å². The molecule has 0 saturated heterocycles. The van der Waals surface area contributed by atoms with Crippen LogP contribution in [0.1, 0.15) is 0 Å². The van der Waals surface area contributed by atoms with E-state index in [4.69, 9.17) is 15.0 Å². The minimum absolute atomic E-state index is 0.562. The summed E-state index contributed by atoms with van der Waals surface area (Å²) in [6.07, 6.45) is 0. The molecule has 0 bridgehead atoms. The first kappa shape index (κ1) is 33.9. The Hall–Kier alpha value is -8.15. The van der Waals surface area contributed by atoms with Crippen molar-refractivity contribution in [1.82, 2.24) is 24.1 Å². The van der Waals surface area contributed by atoms with Gasteiger partial charge in [0.2, 0.25) is 5.95 Å². The highest BCUT2D eigenvalue weighted by Gasteiger charge is 2.24. The number of aromatic nitrogens is 5. The molecule has 12 aromatic rings. The number of hydrogen-bond donors (Lipinski definition) is 0. The van der Waals surface area contributed by atoms with Crippen LogP contribution in [-0.4, -0.2) is 24.1 Å². The standard InChI is InChI=1S/C55H35N5/c1-4-17-37(18-5-1)43-31-30-42(35-48(43)38-19-6-2-7-20-38)59-49-26-14-12-24-44(49)46-32-33-47-45-25-13-15-27-50(45)60(52(47)51(46)59)55-57-53(39-21-8-3-9-22-39)56-54(58-55)41-29-28-36-16-10-11-23-40(36)34-41/h1-35H. The van der Waals surface area contributed by atoms with Gasteiger partial charge in [0, 0.05) is 38.4 Å². The molecular weight excluding hydrogens is 731 g/mol. The van der Waals surface area contributed by atoms with Crippen molar-refractivity contribution in [2.75, 3.05) is 0 Å². The Balaban J connectivity index is 1.20. The zero-order valence-corrected chi connectivity index (χ0v) is 32.4. The highest BCUT2D eigenvalue weighted by atomic mass is 15.2. The van der Waals surface area contributed by atoms with Crippen molar-refractivity contribution in [2.24, 2.45) is 0 Å². The Morgan fingerprint density at radius 3 is 1.48 bits per heavy atom. The quantitative estimate of drug-likeness (QED) is 0.169. The summed E-state index contributed by atoms with van der Waals surface area (Å²) in [6, 6.07) is 75.2. The first-order valence-corrected chi connectivity index (χ1v) is 20.3. The van der Waals surface area contributed by atoms with E-state index >= 15 is 0 Å². The summed E-state index contributed by atoms with van der Waals surface area (Å²) in [5.41, 5.74) is 11.9. The van der Waals surface area contributed by atoms with Crippen molar-refractivity contribution in [3.05, 3.63) is 212 Å². The fourth-order valence-corrected chi connectivity index (χ4v) is 9.01. The van der Waals surface area contributed by atoms with Crippen LogP contribution in [0.25, 0.3) is 111 Å². The fourth-order valence-electron chi connectivity index (χ4n) is 9.01. The minimum Gasteiger partial charge on any atom is -0.307 e. The maximum Gasteiger partial charge on any atom is 0.238 e. The predicted molar refractivity (Wildman–Crippen MR) is 248 cm³/mol. The van der Waals surface area contributed by atoms with E-state index in [0.29, 0.717) is 17.6 Å². The second-order valence-electron chi connectivity index (χ2n) is 15.2. The van der Waals surface area contributed by atoms with Crippen molar-refractivity contribution in [3.8, 4) is 56.7 Å². The lowest BCUT2D eigenvalue weighted by atomic mass is 9.94. The lowest BCUT2D eigenvalue weighted by molar-refractivity contribution is 0.953. The average molecular weight is 766 g/mol. The molecule has 0 aliphatic rings. The molecule has 5 heteroatoms. The smallest absolute Gasteiger partial charge is 0.238 e. The van der Waals surface area contributed by atoms with Crippen LogP contribution in [0.15, 0.2) is 212 Å². The van der Waals surface area contributed by atoms with Crippen LogP contribution < -0.4 is 0 Å². The van der Waals surface area contributed by atoms with Crippen LogP contribution in [0.3, 0.4) is 0 Å². The van der Waals surface area contributed by atoms with Gasteiger partial charge in [-0.25, -0.2) is 4.98 Å². The molecule has 0 spiro atoms. The molecule has 60 heavy (non-hydrogen) atoms. The Kier molecular flexibility index (Phi) is 7.78. The van der Waals surface area contributed by atoms with E-state index in [1.807, 2.05) is 18.2 Å². The molecule has 0 aliphatic heterocycles. The van der Waals surface area contributed by atoms with Gasteiger partial charge in [0.05, 0.1) is 22.1 Å². The zero-order chi connectivity index (χ0) is 39.6. The van der Waals surface area contributed by atoms with Crippen molar-refractivity contribution < 1.29 is 0 Å². The molecule has 0 amide bonds. The van der Waals surface area contributed by atoms with Crippen molar-refractivity contribution in [2.45, 2.75) is 0 Å². The Labute approximate surface area is 346 Å². The SMILES string of the molecule is c1ccc(-c2nc(-c3ccc4ccccc4c3)nc(-n3c4ccccc4c4ccc5c6ccccc6n(-c6ccc(-c7ccccc7)c(-c7ccccc7)c6)c5c43)n2)cc1. The van der Waals surface area contributed by atoms with Gasteiger partial charge in [-0.05, 0) is 63.4 Å². The topological polar surface area (TPSA) is 48.5 Å². The number of rotatable bonds is 6. The summed E-state index contributed by atoms with van der Waals surface area (Å²) in [6.45, 7) is 0. The van der Waals surface area contributed by atoms with Crippen molar-refractivity contribution >= 4 is 54.4 Å². The number of nitrogens with zero attached hydrogens (tertiary/aromatic N) is 5. The van der Waals surface area contributed by atoms with Gasteiger partial charge in [-0.1, -0.05) is 182 Å². The first-order chi connectivity index (χ1) is 29.8. The molecule has 3 heterocycles. The van der Waals surface area contributed by atoms with E-state index in [1.165, 1.54) is 27.5 Å². The largest absolute Gasteiger partial charge is 0.307 e. The molecule has 0 unspecified atom stereocenters. The molecule has 5 nitrogen and oxygen atoms in total. The number of benzene rings is 9. The maximum atomic E-state index is 5.37. The maximum absolute atomic E-state index is 5.37. The highest BCUT2D eigenvalue weighted by Crippen LogP contribution is 2.43. The molecule has 0 fully saturated rings. The summed E-state index contributed by atoms with van der Waals surface area (Å²) in [4.78, 5) is 15.8. The van der Waals surface area contributed by atoms with Gasteiger partial charge in [0.25, 0.3) is 0 Å². The van der Waals surface area contributed by atoms with Gasteiger partial charge >= 0.3 is 0 Å². The third-order valence-electron chi connectivity index (χ3n) is 11.8. The fraction of sp³-hybridized carbons (Fsp3) is 0. The summed E-state index contributed by atoms with van der Waals surface area (Å²) in [5.74, 6) is 1.80. The van der Waals surface area contributed by atoms with E-state index in [-0.39, 0.29) is 0 Å². The van der Waals surface area contributed by atoms with Crippen LogP contribution in [0.4, 0.5) is 0 Å². The average Bonchev–Trinajstić information content (AvgIpc) is 3.85. The van der Waals surface area contributed by atoms with Crippen LogP contribution in [0.2, 0.25) is 0 Å². The van der Waals surface area contributed by atoms with Crippen LogP contribution >= 0.6 is 0 Å². The molecule has 0 radical (unpaired) electrons. The number of hydrogen-bond acceptors (Lipinski definition) is 3. The summed E-state index contributed by atoms with van der Waals surface area (Å²) < 4.78 is 4.70. The Morgan fingerprint density at radius 2 is 0.817 bits per heavy atom. The molecule has 12 rings (SSSR count). The molecule has 0 atom stereocenters. The van der Waals surface area contributed by atoms with E-state index < -0.39 is 0 Å². The minimum atomic E-state index is 0.562. The third kappa shape index (κ3) is 5.44. The van der Waals surface area contributed by atoms with E-state index in [9.17, 15) is 0 Å². The number of para-hydroxylation sites is 2. The normalized spacial score (nSPS) is 11.7. The van der Waals surface area contributed by atoms with Gasteiger partial charge in [0.15, 0.2) is 11.6 Å². The predicted octanol–water partition coefficient (Wildman–Crippen LogP) is 13.9. The van der Waals surface area contributed by atoms with Crippen molar-refractivity contribution in [1.29, 1.82) is 0 Å². The lowest BCUT2D eigenvalue weighted by Gasteiger charge is -2.16. The van der Waals surface area contributed by atoms with E-state index in [2.05, 4.69) is 203 Å². The molecule has 3 aromatic heterocycles. The lowest BCUT2D eigenvalue weighted by Crippen LogP contribution is -2.07. The summed E-state index contributed by atoms with van der Waals surface area (Å²) in [5, 5.41) is 6.89. The van der Waals surface area contributed by atoms with Crippen LogP contribution in [0.5, 0.6) is 0 Å². The molecule has 9 aromatic carbocycles. The van der Waals surface area contributed by atoms with Gasteiger partial charge in [-0.2, -0.15) is 9.97 Å². The second-order valence-corrected chi connectivity index (χ2v) is 15.2. The van der Waals surface area contributed by atoms with Gasteiger partial charge in [-0.15, -0.1) is 0 Å². The number of fused-ring (bicyclic) bond motifs is 8. The monoisotopic (exact) mass is 765 g/mol. The third-order valence-corrected chi connectivity index (χ3v) is 11.8. The van der Waals surface area contributed by atoms with Crippen molar-refractivity contribution in [3.63, 3.8) is 0 Å². The van der Waals surface area contributed by atoms with Gasteiger partial charge < -0.3 is 4.57 Å². The van der Waals surface area contributed by atoms with Crippen LogP contribution in [-0.2, 0) is 0 Å². The van der Waals surface area contributed by atoms with Crippen LogP contribution in [0, 0.1) is 0 Å². The Bertz CT molecular complexity index is 3590. The second kappa shape index (κ2) is 13.8. The molecule has 0 aliphatic carbocycles.